The molecule has 29 heavy (non-hydrogen) atoms. The Morgan fingerprint density at radius 2 is 1.97 bits per heavy atom. The van der Waals surface area contributed by atoms with E-state index >= 15 is 0 Å². The first-order chi connectivity index (χ1) is 14.1. The molecule has 1 heterocycles. The predicted molar refractivity (Wildman–Crippen MR) is 116 cm³/mol. The first kappa shape index (κ1) is 23.2. The Kier molecular flexibility index (Phi) is 10.5. The van der Waals surface area contributed by atoms with Gasteiger partial charge in [-0.15, -0.1) is 0 Å². The third-order valence-corrected chi connectivity index (χ3v) is 5.11. The van der Waals surface area contributed by atoms with Crippen molar-refractivity contribution < 1.29 is 14.3 Å². The zero-order valence-electron chi connectivity index (χ0n) is 18.1. The average Bonchev–Trinajstić information content (AvgIpc) is 2.75. The van der Waals surface area contributed by atoms with E-state index in [0.717, 1.165) is 57.1 Å². The highest BCUT2D eigenvalue weighted by Crippen LogP contribution is 2.14. The molecular formula is C22H36N4O3. The molecule has 7 heteroatoms. The fourth-order valence-corrected chi connectivity index (χ4v) is 3.44. The molecule has 1 fully saturated rings. The van der Waals surface area contributed by atoms with Gasteiger partial charge in [0.2, 0.25) is 5.91 Å². The van der Waals surface area contributed by atoms with E-state index in [-0.39, 0.29) is 5.91 Å². The molecule has 0 radical (unpaired) electrons. The number of rotatable bonds is 10. The summed E-state index contributed by atoms with van der Waals surface area (Å²) in [4.78, 5) is 20.8. The fourth-order valence-electron chi connectivity index (χ4n) is 3.44. The molecule has 1 N–H and O–H groups in total. The highest BCUT2D eigenvalue weighted by atomic mass is 16.5. The van der Waals surface area contributed by atoms with Crippen LogP contribution in [0.5, 0.6) is 0 Å². The van der Waals surface area contributed by atoms with Crippen molar-refractivity contribution in [2.45, 2.75) is 38.3 Å². The van der Waals surface area contributed by atoms with Gasteiger partial charge < -0.3 is 24.6 Å². The van der Waals surface area contributed by atoms with Crippen molar-refractivity contribution in [3.63, 3.8) is 0 Å². The van der Waals surface area contributed by atoms with Gasteiger partial charge in [0.15, 0.2) is 5.96 Å². The van der Waals surface area contributed by atoms with Gasteiger partial charge in [-0.25, -0.2) is 0 Å². The molecule has 1 aromatic rings. The monoisotopic (exact) mass is 404 g/mol. The molecule has 0 spiro atoms. The van der Waals surface area contributed by atoms with E-state index in [9.17, 15) is 4.79 Å². The largest absolute Gasteiger partial charge is 0.385 e. The summed E-state index contributed by atoms with van der Waals surface area (Å²) < 4.78 is 11.0. The number of nitrogens with one attached hydrogen (secondary N) is 1. The van der Waals surface area contributed by atoms with Gasteiger partial charge in [0.1, 0.15) is 0 Å². The van der Waals surface area contributed by atoms with Crippen molar-refractivity contribution >= 4 is 11.9 Å². The zero-order chi connectivity index (χ0) is 20.9. The fraction of sp³-hybridized carbons (Fsp3) is 0.636. The highest BCUT2D eigenvalue weighted by molar-refractivity contribution is 5.81. The van der Waals surface area contributed by atoms with E-state index in [0.29, 0.717) is 25.6 Å². The van der Waals surface area contributed by atoms with Crippen LogP contribution < -0.4 is 5.32 Å². The topological polar surface area (TPSA) is 66.4 Å². The Morgan fingerprint density at radius 1 is 1.24 bits per heavy atom. The lowest BCUT2D eigenvalue weighted by atomic mass is 10.1. The Morgan fingerprint density at radius 3 is 2.62 bits per heavy atom. The first-order valence-electron chi connectivity index (χ1n) is 10.5. The number of amides is 1. The smallest absolute Gasteiger partial charge is 0.224 e. The van der Waals surface area contributed by atoms with Gasteiger partial charge in [0, 0.05) is 67.0 Å². The van der Waals surface area contributed by atoms with Crippen molar-refractivity contribution in [1.82, 2.24) is 15.1 Å². The van der Waals surface area contributed by atoms with Gasteiger partial charge in [-0.1, -0.05) is 30.3 Å². The molecule has 162 valence electrons. The van der Waals surface area contributed by atoms with Crippen LogP contribution in [0.4, 0.5) is 0 Å². The standard InChI is InChI=1S/C22H36N4O3/c1-23-22(26-14-11-20(12-15-26)29-17-7-16-28-3)24-13-10-21(27)25(2)18-19-8-5-4-6-9-19/h4-6,8-9,20H,7,10-18H2,1-3H3,(H,23,24). The van der Waals surface area contributed by atoms with E-state index in [4.69, 9.17) is 9.47 Å². The van der Waals surface area contributed by atoms with Crippen LogP contribution in [0.15, 0.2) is 35.3 Å². The van der Waals surface area contributed by atoms with Crippen molar-refractivity contribution in [3.05, 3.63) is 35.9 Å². The lowest BCUT2D eigenvalue weighted by Crippen LogP contribution is -2.47. The number of hydrogen-bond donors (Lipinski definition) is 1. The first-order valence-corrected chi connectivity index (χ1v) is 10.5. The summed E-state index contributed by atoms with van der Waals surface area (Å²) in [7, 11) is 5.35. The number of benzene rings is 1. The minimum atomic E-state index is 0.125. The van der Waals surface area contributed by atoms with Crippen LogP contribution in [0, 0.1) is 0 Å². The van der Waals surface area contributed by atoms with Crippen LogP contribution >= 0.6 is 0 Å². The van der Waals surface area contributed by atoms with Gasteiger partial charge in [0.25, 0.3) is 0 Å². The summed E-state index contributed by atoms with van der Waals surface area (Å²) in [6.45, 7) is 4.54. The summed E-state index contributed by atoms with van der Waals surface area (Å²) >= 11 is 0. The SMILES string of the molecule is CN=C(NCCC(=O)N(C)Cc1ccccc1)N1CCC(OCCCOC)CC1. The van der Waals surface area contributed by atoms with E-state index in [2.05, 4.69) is 15.2 Å². The number of carbonyl (C=O) groups excluding carboxylic acids is 1. The minimum Gasteiger partial charge on any atom is -0.385 e. The second-order valence-electron chi connectivity index (χ2n) is 7.36. The van der Waals surface area contributed by atoms with Gasteiger partial charge in [0.05, 0.1) is 6.10 Å². The lowest BCUT2D eigenvalue weighted by Gasteiger charge is -2.34. The van der Waals surface area contributed by atoms with Gasteiger partial charge >= 0.3 is 0 Å². The minimum absolute atomic E-state index is 0.125. The van der Waals surface area contributed by atoms with E-state index in [1.165, 1.54) is 0 Å². The number of ether oxygens (including phenoxy) is 2. The number of nitrogens with zero attached hydrogens (tertiary/aromatic N) is 3. The second-order valence-corrected chi connectivity index (χ2v) is 7.36. The van der Waals surface area contributed by atoms with E-state index in [1.807, 2.05) is 37.4 Å². The molecule has 1 aliphatic rings. The number of piperidine rings is 1. The molecule has 1 amide bonds. The zero-order valence-corrected chi connectivity index (χ0v) is 18.1. The van der Waals surface area contributed by atoms with Crippen LogP contribution in [0.25, 0.3) is 0 Å². The number of guanidine groups is 1. The maximum atomic E-state index is 12.4. The van der Waals surface area contributed by atoms with Crippen molar-refractivity contribution in [2.24, 2.45) is 4.99 Å². The van der Waals surface area contributed by atoms with Gasteiger partial charge in [-0.3, -0.25) is 9.79 Å². The highest BCUT2D eigenvalue weighted by Gasteiger charge is 2.22. The number of carbonyl (C=O) groups is 1. The average molecular weight is 405 g/mol. The number of likely N-dealkylation sites (tertiary alicyclic amines) is 1. The molecule has 0 unspecified atom stereocenters. The lowest BCUT2D eigenvalue weighted by molar-refractivity contribution is -0.130. The van der Waals surface area contributed by atoms with Crippen molar-refractivity contribution in [2.75, 3.05) is 54.1 Å². The van der Waals surface area contributed by atoms with Gasteiger partial charge in [-0.2, -0.15) is 0 Å². The van der Waals surface area contributed by atoms with Crippen LogP contribution in [0.1, 0.15) is 31.2 Å². The molecule has 0 aliphatic carbocycles. The molecule has 1 saturated heterocycles. The molecule has 0 bridgehead atoms. The van der Waals surface area contributed by atoms with Crippen LogP contribution in [0.3, 0.4) is 0 Å². The summed E-state index contributed by atoms with van der Waals surface area (Å²) in [5, 5.41) is 3.33. The summed E-state index contributed by atoms with van der Waals surface area (Å²) in [5.74, 6) is 0.987. The van der Waals surface area contributed by atoms with E-state index in [1.54, 1.807) is 19.1 Å². The maximum absolute atomic E-state index is 12.4. The Bertz CT molecular complexity index is 616. The Labute approximate surface area is 175 Å². The molecule has 1 aliphatic heterocycles. The quantitative estimate of drug-likeness (QED) is 0.368. The number of hydrogen-bond acceptors (Lipinski definition) is 4. The normalized spacial score (nSPS) is 15.4. The third-order valence-electron chi connectivity index (χ3n) is 5.11. The molecule has 2 rings (SSSR count). The van der Waals surface area contributed by atoms with Crippen LogP contribution in [0.2, 0.25) is 0 Å². The molecule has 0 atom stereocenters. The summed E-state index contributed by atoms with van der Waals surface area (Å²) in [6, 6.07) is 10.0. The molecule has 7 nitrogen and oxygen atoms in total. The maximum Gasteiger partial charge on any atom is 0.224 e. The van der Waals surface area contributed by atoms with E-state index < -0.39 is 0 Å². The van der Waals surface area contributed by atoms with Crippen molar-refractivity contribution in [3.8, 4) is 0 Å². The summed E-state index contributed by atoms with van der Waals surface area (Å²) in [6.07, 6.45) is 3.68. The van der Waals surface area contributed by atoms with Gasteiger partial charge in [-0.05, 0) is 24.8 Å². The van der Waals surface area contributed by atoms with Crippen LogP contribution in [-0.4, -0.2) is 81.8 Å². The third kappa shape index (κ3) is 8.41. The van der Waals surface area contributed by atoms with Crippen molar-refractivity contribution in [1.29, 1.82) is 0 Å². The number of methoxy groups -OCH3 is 1. The molecule has 0 saturated carbocycles. The Hall–Kier alpha value is -2.12. The molecule has 0 aromatic heterocycles. The Balaban J connectivity index is 1.65. The number of aliphatic imine (C=N–C) groups is 1. The molecule has 1 aromatic carbocycles. The molecular weight excluding hydrogens is 368 g/mol. The summed E-state index contributed by atoms with van der Waals surface area (Å²) in [5.41, 5.74) is 1.14. The predicted octanol–water partition coefficient (Wildman–Crippen LogP) is 2.13. The second kappa shape index (κ2) is 13.2. The van der Waals surface area contributed by atoms with Crippen LogP contribution in [-0.2, 0) is 20.8 Å².